The van der Waals surface area contributed by atoms with Gasteiger partial charge in [-0.3, -0.25) is 14.6 Å². The van der Waals surface area contributed by atoms with Gasteiger partial charge in [0.25, 0.3) is 5.56 Å². The molecule has 0 unspecified atom stereocenters. The number of aromatic nitrogens is 4. The van der Waals surface area contributed by atoms with E-state index in [-0.39, 0.29) is 18.0 Å². The summed E-state index contributed by atoms with van der Waals surface area (Å²) in [5.41, 5.74) is 2.45. The van der Waals surface area contributed by atoms with E-state index in [4.69, 9.17) is 4.42 Å². The number of nitrogens with one attached hydrogen (secondary N) is 1. The molecule has 0 saturated heterocycles. The molecule has 0 aliphatic rings. The summed E-state index contributed by atoms with van der Waals surface area (Å²) in [5.74, 6) is 0.478. The molecule has 0 aliphatic heterocycles. The van der Waals surface area contributed by atoms with Crippen molar-refractivity contribution in [3.05, 3.63) is 58.5 Å². The monoisotopic (exact) mass is 365 g/mol. The van der Waals surface area contributed by atoms with Crippen LogP contribution in [0.4, 0.5) is 0 Å². The summed E-state index contributed by atoms with van der Waals surface area (Å²) in [5, 5.41) is 7.58. The minimum absolute atomic E-state index is 0.156. The van der Waals surface area contributed by atoms with Crippen LogP contribution in [0.5, 0.6) is 0 Å². The first-order valence-electron chi connectivity index (χ1n) is 8.73. The topological polar surface area (TPSA) is 94.9 Å². The van der Waals surface area contributed by atoms with Gasteiger partial charge in [0.1, 0.15) is 17.8 Å². The summed E-state index contributed by atoms with van der Waals surface area (Å²) in [6.07, 6.45) is 3.25. The van der Waals surface area contributed by atoms with E-state index < -0.39 is 0 Å². The summed E-state index contributed by atoms with van der Waals surface area (Å²) < 4.78 is 8.80. The highest BCUT2D eigenvalue weighted by Gasteiger charge is 2.19. The normalized spacial score (nSPS) is 11.3. The number of hydrogen-bond donors (Lipinski definition) is 1. The molecular weight excluding hydrogens is 346 g/mol. The Kier molecular flexibility index (Phi) is 4.23. The first kappa shape index (κ1) is 17.0. The lowest BCUT2D eigenvalue weighted by Crippen LogP contribution is -2.34. The Labute approximate surface area is 154 Å². The lowest BCUT2D eigenvalue weighted by molar-refractivity contribution is -0.122. The predicted octanol–water partition coefficient (Wildman–Crippen LogP) is 1.98. The molecule has 4 heterocycles. The summed E-state index contributed by atoms with van der Waals surface area (Å²) >= 11 is 0. The van der Waals surface area contributed by atoms with Gasteiger partial charge in [-0.2, -0.15) is 5.10 Å². The largest absolute Gasteiger partial charge is 0.459 e. The Morgan fingerprint density at radius 3 is 2.93 bits per heavy atom. The van der Waals surface area contributed by atoms with Gasteiger partial charge in [-0.15, -0.1) is 0 Å². The van der Waals surface area contributed by atoms with Crippen molar-refractivity contribution in [3.8, 4) is 0 Å². The quantitative estimate of drug-likeness (QED) is 0.583. The Hall–Kier alpha value is -3.42. The Balaban J connectivity index is 1.63. The zero-order chi connectivity index (χ0) is 19.0. The van der Waals surface area contributed by atoms with Crippen molar-refractivity contribution in [3.63, 3.8) is 0 Å². The van der Waals surface area contributed by atoms with E-state index in [1.807, 2.05) is 42.7 Å². The molecule has 8 heteroatoms. The van der Waals surface area contributed by atoms with Crippen LogP contribution in [-0.4, -0.2) is 25.2 Å². The molecule has 0 saturated carbocycles. The number of carbonyl (C=O) groups excluding carboxylic acids is 1. The van der Waals surface area contributed by atoms with Crippen molar-refractivity contribution in [1.29, 1.82) is 0 Å². The molecule has 0 fully saturated rings. The number of aryl methyl sites for hydroxylation is 2. The van der Waals surface area contributed by atoms with Gasteiger partial charge in [-0.25, -0.2) is 4.68 Å². The summed E-state index contributed by atoms with van der Waals surface area (Å²) in [7, 11) is 0. The lowest BCUT2D eigenvalue weighted by Gasteiger charge is -2.07. The van der Waals surface area contributed by atoms with Gasteiger partial charge in [-0.1, -0.05) is 6.07 Å². The number of pyridine rings is 1. The second-order valence-corrected chi connectivity index (χ2v) is 6.28. The number of fused-ring (bicyclic) bond motifs is 3. The van der Waals surface area contributed by atoms with Gasteiger partial charge in [0.15, 0.2) is 5.58 Å². The van der Waals surface area contributed by atoms with Crippen LogP contribution >= 0.6 is 0 Å². The predicted molar refractivity (Wildman–Crippen MR) is 100 cm³/mol. The third-order valence-electron chi connectivity index (χ3n) is 4.46. The molecule has 8 nitrogen and oxygen atoms in total. The van der Waals surface area contributed by atoms with Crippen molar-refractivity contribution in [2.45, 2.75) is 33.5 Å². The maximum absolute atomic E-state index is 12.9. The van der Waals surface area contributed by atoms with Crippen LogP contribution in [0.3, 0.4) is 0 Å². The van der Waals surface area contributed by atoms with Crippen molar-refractivity contribution < 1.29 is 9.21 Å². The third-order valence-corrected chi connectivity index (χ3v) is 4.46. The number of rotatable bonds is 5. The number of amides is 1. The van der Waals surface area contributed by atoms with E-state index in [9.17, 15) is 9.59 Å². The molecule has 0 atom stereocenters. The van der Waals surface area contributed by atoms with Crippen LogP contribution in [0.1, 0.15) is 18.4 Å². The minimum atomic E-state index is -0.314. The third kappa shape index (κ3) is 2.99. The highest BCUT2D eigenvalue weighted by Crippen LogP contribution is 2.29. The Morgan fingerprint density at radius 1 is 1.33 bits per heavy atom. The average molecular weight is 365 g/mol. The zero-order valence-electron chi connectivity index (χ0n) is 15.1. The lowest BCUT2D eigenvalue weighted by atomic mass is 10.3. The zero-order valence-corrected chi connectivity index (χ0v) is 15.1. The van der Waals surface area contributed by atoms with Crippen molar-refractivity contribution in [1.82, 2.24) is 24.6 Å². The fourth-order valence-corrected chi connectivity index (χ4v) is 3.25. The minimum Gasteiger partial charge on any atom is -0.459 e. The van der Waals surface area contributed by atoms with E-state index in [0.29, 0.717) is 29.6 Å². The molecule has 0 bridgehead atoms. The molecule has 4 aromatic rings. The molecule has 4 aromatic heterocycles. The van der Waals surface area contributed by atoms with Crippen LogP contribution in [-0.2, 0) is 24.4 Å². The SMILES string of the molecule is CCn1c2cc(C)oc2c2cnn(CC(=O)NCc3ccccn3)c(=O)c21. The summed E-state index contributed by atoms with van der Waals surface area (Å²) in [4.78, 5) is 29.3. The van der Waals surface area contributed by atoms with Gasteiger partial charge < -0.3 is 14.3 Å². The van der Waals surface area contributed by atoms with Gasteiger partial charge in [-0.05, 0) is 26.0 Å². The van der Waals surface area contributed by atoms with Crippen LogP contribution in [0.25, 0.3) is 22.0 Å². The van der Waals surface area contributed by atoms with Crippen LogP contribution in [0.15, 0.2) is 45.9 Å². The second kappa shape index (κ2) is 6.71. The number of carbonyl (C=O) groups is 1. The summed E-state index contributed by atoms with van der Waals surface area (Å²) in [6, 6.07) is 7.39. The van der Waals surface area contributed by atoms with Crippen LogP contribution in [0.2, 0.25) is 0 Å². The number of hydrogen-bond acceptors (Lipinski definition) is 5. The maximum atomic E-state index is 12.9. The summed E-state index contributed by atoms with van der Waals surface area (Å²) in [6.45, 7) is 4.59. The molecule has 138 valence electrons. The first-order valence-corrected chi connectivity index (χ1v) is 8.73. The number of nitrogens with zero attached hydrogens (tertiary/aromatic N) is 4. The van der Waals surface area contributed by atoms with Crippen molar-refractivity contribution >= 4 is 27.9 Å². The van der Waals surface area contributed by atoms with Crippen LogP contribution < -0.4 is 10.9 Å². The standard InChI is InChI=1S/C19H19N5O3/c1-3-23-15-8-12(2)27-18(15)14-10-22-24(19(26)17(14)23)11-16(25)21-9-13-6-4-5-7-20-13/h4-8,10H,3,9,11H2,1-2H3,(H,21,25). The Morgan fingerprint density at radius 2 is 2.19 bits per heavy atom. The van der Waals surface area contributed by atoms with E-state index in [1.165, 1.54) is 4.68 Å². The molecular formula is C19H19N5O3. The molecule has 0 aromatic carbocycles. The van der Waals surface area contributed by atoms with Gasteiger partial charge in [0, 0.05) is 18.8 Å². The second-order valence-electron chi connectivity index (χ2n) is 6.28. The van der Waals surface area contributed by atoms with Crippen molar-refractivity contribution in [2.75, 3.05) is 0 Å². The fraction of sp³-hybridized carbons (Fsp3) is 0.263. The molecule has 0 radical (unpaired) electrons. The Bertz CT molecular complexity index is 1190. The maximum Gasteiger partial charge on any atom is 0.291 e. The average Bonchev–Trinajstić information content (AvgIpc) is 3.18. The molecule has 1 N–H and O–H groups in total. The van der Waals surface area contributed by atoms with E-state index in [1.54, 1.807) is 12.4 Å². The molecule has 0 aliphatic carbocycles. The molecule has 1 amide bonds. The molecule has 0 spiro atoms. The van der Waals surface area contributed by atoms with Crippen molar-refractivity contribution in [2.24, 2.45) is 0 Å². The highest BCUT2D eigenvalue weighted by atomic mass is 16.3. The van der Waals surface area contributed by atoms with Gasteiger partial charge in [0.05, 0.1) is 29.3 Å². The van der Waals surface area contributed by atoms with Gasteiger partial charge >= 0.3 is 0 Å². The number of furan rings is 1. The van der Waals surface area contributed by atoms with Gasteiger partial charge in [0.2, 0.25) is 5.91 Å². The molecule has 27 heavy (non-hydrogen) atoms. The molecule has 4 rings (SSSR count). The van der Waals surface area contributed by atoms with Crippen LogP contribution in [0, 0.1) is 6.92 Å². The highest BCUT2D eigenvalue weighted by molar-refractivity contribution is 6.04. The smallest absolute Gasteiger partial charge is 0.291 e. The van der Waals surface area contributed by atoms with E-state index in [0.717, 1.165) is 17.0 Å². The first-order chi connectivity index (χ1) is 13.1. The van der Waals surface area contributed by atoms with E-state index >= 15 is 0 Å². The fourth-order valence-electron chi connectivity index (χ4n) is 3.25. The van der Waals surface area contributed by atoms with E-state index in [2.05, 4.69) is 15.4 Å².